The summed E-state index contributed by atoms with van der Waals surface area (Å²) >= 11 is 1.22. The number of nitrogens with one attached hydrogen (secondary N) is 1. The van der Waals surface area contributed by atoms with Crippen molar-refractivity contribution in [3.05, 3.63) is 34.4 Å². The summed E-state index contributed by atoms with van der Waals surface area (Å²) in [4.78, 5) is 21.6. The second-order valence-corrected chi connectivity index (χ2v) is 5.34. The first kappa shape index (κ1) is 14.1. The topological polar surface area (TPSA) is 98.0 Å². The fourth-order valence-corrected chi connectivity index (χ4v) is 2.12. The minimum atomic E-state index is -0.460. The van der Waals surface area contributed by atoms with Gasteiger partial charge in [0.2, 0.25) is 11.0 Å². The van der Waals surface area contributed by atoms with Crippen LogP contribution in [0.2, 0.25) is 0 Å². The molecule has 1 N–H and O–H groups in total. The van der Waals surface area contributed by atoms with Crippen LogP contribution in [0.3, 0.4) is 0 Å². The Bertz CT molecular complexity index is 636. The van der Waals surface area contributed by atoms with Gasteiger partial charge in [-0.25, -0.2) is 0 Å². The highest BCUT2D eigenvalue weighted by Gasteiger charge is 2.13. The monoisotopic (exact) mass is 292 g/mol. The molecular formula is C12H12N4O3S. The molecule has 0 radical (unpaired) electrons. The van der Waals surface area contributed by atoms with E-state index < -0.39 is 4.92 Å². The maximum absolute atomic E-state index is 11.5. The first-order valence-electron chi connectivity index (χ1n) is 5.86. The Balaban J connectivity index is 2.16. The average molecular weight is 292 g/mol. The lowest BCUT2D eigenvalue weighted by Gasteiger charge is -2.02. The second kappa shape index (κ2) is 5.74. The highest BCUT2D eigenvalue weighted by Crippen LogP contribution is 2.27. The Labute approximate surface area is 118 Å². The van der Waals surface area contributed by atoms with Crippen LogP contribution >= 0.6 is 11.3 Å². The number of non-ortho nitro benzene ring substituents is 1. The molecule has 0 saturated carbocycles. The number of rotatable bonds is 4. The summed E-state index contributed by atoms with van der Waals surface area (Å²) in [5.41, 5.74) is 0.741. The van der Waals surface area contributed by atoms with E-state index in [0.717, 1.165) is 5.56 Å². The van der Waals surface area contributed by atoms with Gasteiger partial charge in [0, 0.05) is 23.6 Å². The molecule has 1 amide bonds. The van der Waals surface area contributed by atoms with Crippen molar-refractivity contribution in [2.75, 3.05) is 5.32 Å². The number of benzene rings is 1. The summed E-state index contributed by atoms with van der Waals surface area (Å²) in [6, 6.07) is 6.02. The van der Waals surface area contributed by atoms with E-state index in [-0.39, 0.29) is 17.5 Å². The summed E-state index contributed by atoms with van der Waals surface area (Å²) in [5.74, 6) is -0.266. The van der Waals surface area contributed by atoms with E-state index in [2.05, 4.69) is 15.5 Å². The molecule has 0 bridgehead atoms. The number of anilines is 1. The fraction of sp³-hybridized carbons (Fsp3) is 0.250. The van der Waals surface area contributed by atoms with Crippen molar-refractivity contribution < 1.29 is 9.72 Å². The van der Waals surface area contributed by atoms with Crippen molar-refractivity contribution in [2.45, 2.75) is 13.8 Å². The highest BCUT2D eigenvalue weighted by molar-refractivity contribution is 7.18. The van der Waals surface area contributed by atoms with Crippen LogP contribution in [0, 0.1) is 16.0 Å². The van der Waals surface area contributed by atoms with Crippen LogP contribution in [-0.4, -0.2) is 21.0 Å². The molecule has 0 saturated heterocycles. The molecular weight excluding hydrogens is 280 g/mol. The van der Waals surface area contributed by atoms with E-state index in [9.17, 15) is 14.9 Å². The predicted molar refractivity (Wildman–Crippen MR) is 75.5 cm³/mol. The van der Waals surface area contributed by atoms with Gasteiger partial charge in [-0.3, -0.25) is 14.9 Å². The van der Waals surface area contributed by atoms with Crippen molar-refractivity contribution in [2.24, 2.45) is 5.92 Å². The molecule has 7 nitrogen and oxygen atoms in total. The summed E-state index contributed by atoms with van der Waals surface area (Å²) < 4.78 is 0. The first-order valence-corrected chi connectivity index (χ1v) is 6.68. The number of nitrogens with zero attached hydrogens (tertiary/aromatic N) is 3. The Morgan fingerprint density at radius 2 is 1.95 bits per heavy atom. The standard InChI is InChI=1S/C12H12N4O3S/c1-7(2)10(17)13-12-15-14-11(20-12)8-3-5-9(6-4-8)16(18)19/h3-7H,1-2H3,(H,13,15,17). The van der Waals surface area contributed by atoms with Gasteiger partial charge in [-0.15, -0.1) is 10.2 Å². The van der Waals surface area contributed by atoms with Gasteiger partial charge >= 0.3 is 0 Å². The molecule has 0 spiro atoms. The zero-order valence-corrected chi connectivity index (χ0v) is 11.7. The number of hydrogen-bond acceptors (Lipinski definition) is 6. The van der Waals surface area contributed by atoms with Gasteiger partial charge in [0.25, 0.3) is 5.69 Å². The average Bonchev–Trinajstić information content (AvgIpc) is 2.87. The zero-order chi connectivity index (χ0) is 14.7. The van der Waals surface area contributed by atoms with Crippen molar-refractivity contribution in [3.63, 3.8) is 0 Å². The maximum atomic E-state index is 11.5. The van der Waals surface area contributed by atoms with E-state index in [4.69, 9.17) is 0 Å². The highest BCUT2D eigenvalue weighted by atomic mass is 32.1. The van der Waals surface area contributed by atoms with Crippen molar-refractivity contribution in [1.29, 1.82) is 0 Å². The van der Waals surface area contributed by atoms with Gasteiger partial charge < -0.3 is 5.32 Å². The number of carbonyl (C=O) groups is 1. The van der Waals surface area contributed by atoms with Crippen LogP contribution in [0.4, 0.5) is 10.8 Å². The molecule has 20 heavy (non-hydrogen) atoms. The van der Waals surface area contributed by atoms with E-state index in [1.54, 1.807) is 26.0 Å². The lowest BCUT2D eigenvalue weighted by atomic mass is 10.2. The third kappa shape index (κ3) is 3.15. The molecule has 0 atom stereocenters. The molecule has 0 fully saturated rings. The fourth-order valence-electron chi connectivity index (χ4n) is 1.37. The molecule has 8 heteroatoms. The molecule has 1 heterocycles. The number of carbonyl (C=O) groups excluding carboxylic acids is 1. The molecule has 0 unspecified atom stereocenters. The van der Waals surface area contributed by atoms with Gasteiger partial charge in [0.1, 0.15) is 5.01 Å². The molecule has 0 aliphatic carbocycles. The molecule has 0 aliphatic heterocycles. The molecule has 1 aromatic heterocycles. The first-order chi connectivity index (χ1) is 9.47. The number of hydrogen-bond donors (Lipinski definition) is 1. The molecule has 2 rings (SSSR count). The minimum Gasteiger partial charge on any atom is -0.300 e. The third-order valence-corrected chi connectivity index (χ3v) is 3.39. The van der Waals surface area contributed by atoms with Crippen molar-refractivity contribution in [3.8, 4) is 10.6 Å². The van der Waals surface area contributed by atoms with Crippen molar-refractivity contribution in [1.82, 2.24) is 10.2 Å². The quantitative estimate of drug-likeness (QED) is 0.690. The van der Waals surface area contributed by atoms with Crippen LogP contribution in [0.15, 0.2) is 24.3 Å². The van der Waals surface area contributed by atoms with Crippen LogP contribution in [0.5, 0.6) is 0 Å². The van der Waals surface area contributed by atoms with E-state index >= 15 is 0 Å². The normalized spacial score (nSPS) is 10.6. The summed E-state index contributed by atoms with van der Waals surface area (Å²) in [6.45, 7) is 3.57. The van der Waals surface area contributed by atoms with Gasteiger partial charge in [0.15, 0.2) is 0 Å². The van der Waals surface area contributed by atoms with Crippen LogP contribution in [0.25, 0.3) is 10.6 Å². The SMILES string of the molecule is CC(C)C(=O)Nc1nnc(-c2ccc([N+](=O)[O-])cc2)s1. The molecule has 104 valence electrons. The number of nitro benzene ring substituents is 1. The number of amides is 1. The smallest absolute Gasteiger partial charge is 0.269 e. The Morgan fingerprint density at radius 1 is 1.30 bits per heavy atom. The Kier molecular flexibility index (Phi) is 4.04. The summed E-state index contributed by atoms with van der Waals surface area (Å²) in [5, 5.41) is 22.1. The maximum Gasteiger partial charge on any atom is 0.269 e. The zero-order valence-electron chi connectivity index (χ0n) is 10.9. The Morgan fingerprint density at radius 3 is 2.50 bits per heavy atom. The third-order valence-electron chi connectivity index (χ3n) is 2.50. The van der Waals surface area contributed by atoms with Gasteiger partial charge in [-0.2, -0.15) is 0 Å². The van der Waals surface area contributed by atoms with Crippen LogP contribution in [0.1, 0.15) is 13.8 Å². The van der Waals surface area contributed by atoms with E-state index in [1.807, 2.05) is 0 Å². The minimum absolute atomic E-state index is 0.0200. The summed E-state index contributed by atoms with van der Waals surface area (Å²) in [7, 11) is 0. The Hall–Kier alpha value is -2.35. The lowest BCUT2D eigenvalue weighted by molar-refractivity contribution is -0.384. The van der Waals surface area contributed by atoms with Crippen LogP contribution < -0.4 is 5.32 Å². The predicted octanol–water partition coefficient (Wildman–Crippen LogP) is 2.71. The molecule has 0 aliphatic rings. The lowest BCUT2D eigenvalue weighted by Crippen LogP contribution is -2.17. The van der Waals surface area contributed by atoms with E-state index in [1.165, 1.54) is 23.5 Å². The van der Waals surface area contributed by atoms with Crippen LogP contribution in [-0.2, 0) is 4.79 Å². The van der Waals surface area contributed by atoms with Gasteiger partial charge in [0.05, 0.1) is 4.92 Å². The van der Waals surface area contributed by atoms with Gasteiger partial charge in [-0.1, -0.05) is 25.2 Å². The van der Waals surface area contributed by atoms with Gasteiger partial charge in [-0.05, 0) is 12.1 Å². The number of aromatic nitrogens is 2. The largest absolute Gasteiger partial charge is 0.300 e. The summed E-state index contributed by atoms with van der Waals surface area (Å²) in [6.07, 6.45) is 0. The second-order valence-electron chi connectivity index (χ2n) is 4.36. The van der Waals surface area contributed by atoms with E-state index in [0.29, 0.717) is 10.1 Å². The van der Waals surface area contributed by atoms with Crippen molar-refractivity contribution >= 4 is 28.1 Å². The number of nitro groups is 1. The molecule has 2 aromatic rings. The molecule has 1 aromatic carbocycles.